The van der Waals surface area contributed by atoms with E-state index >= 15 is 0 Å². The van der Waals surface area contributed by atoms with Gasteiger partial charge in [0.15, 0.2) is 0 Å². The molecule has 8 heteroatoms. The summed E-state index contributed by atoms with van der Waals surface area (Å²) in [5, 5.41) is 4.67. The highest BCUT2D eigenvalue weighted by atomic mass is 35.5. The van der Waals surface area contributed by atoms with Crippen LogP contribution in [0.4, 0.5) is 13.8 Å². The number of nitrogens with one attached hydrogen (secondary N) is 1. The number of ether oxygens (including phenoxy) is 1. The largest absolute Gasteiger partial charge is 0.465 e. The SMILES string of the molecule is COC(=O)c1c(-c2ccc(F)cc2)csc1NC(=O)/C=C/c1c(F)cccc1Cl. The van der Waals surface area contributed by atoms with Gasteiger partial charge < -0.3 is 10.1 Å². The fourth-order valence-corrected chi connectivity index (χ4v) is 3.77. The molecule has 0 atom stereocenters. The van der Waals surface area contributed by atoms with Gasteiger partial charge in [0, 0.05) is 22.6 Å². The zero-order chi connectivity index (χ0) is 21.0. The summed E-state index contributed by atoms with van der Waals surface area (Å²) in [4.78, 5) is 24.6. The van der Waals surface area contributed by atoms with E-state index < -0.39 is 23.5 Å². The Labute approximate surface area is 174 Å². The van der Waals surface area contributed by atoms with E-state index in [9.17, 15) is 18.4 Å². The Bertz CT molecular complexity index is 1070. The molecule has 0 aliphatic carbocycles. The monoisotopic (exact) mass is 433 g/mol. The van der Waals surface area contributed by atoms with Crippen molar-refractivity contribution in [3.63, 3.8) is 0 Å². The number of amides is 1. The number of hydrogen-bond donors (Lipinski definition) is 1. The molecule has 3 rings (SSSR count). The lowest BCUT2D eigenvalue weighted by Crippen LogP contribution is -2.11. The van der Waals surface area contributed by atoms with Crippen LogP contribution in [0.1, 0.15) is 15.9 Å². The number of esters is 1. The van der Waals surface area contributed by atoms with Crippen LogP contribution in [0.25, 0.3) is 17.2 Å². The second-order valence-corrected chi connectivity index (χ2v) is 7.10. The lowest BCUT2D eigenvalue weighted by Gasteiger charge is -2.07. The van der Waals surface area contributed by atoms with Crippen LogP contribution in [-0.4, -0.2) is 19.0 Å². The number of hydrogen-bond acceptors (Lipinski definition) is 4. The molecule has 1 N–H and O–H groups in total. The van der Waals surface area contributed by atoms with Crippen molar-refractivity contribution in [2.45, 2.75) is 0 Å². The van der Waals surface area contributed by atoms with Crippen LogP contribution >= 0.6 is 22.9 Å². The van der Waals surface area contributed by atoms with Gasteiger partial charge in [-0.1, -0.05) is 29.8 Å². The van der Waals surface area contributed by atoms with Crippen molar-refractivity contribution in [1.29, 1.82) is 0 Å². The van der Waals surface area contributed by atoms with E-state index in [0.29, 0.717) is 11.1 Å². The molecular formula is C21H14ClF2NO3S. The molecule has 1 amide bonds. The molecule has 0 bridgehead atoms. The average molecular weight is 434 g/mol. The summed E-state index contributed by atoms with van der Waals surface area (Å²) in [6.45, 7) is 0. The fourth-order valence-electron chi connectivity index (χ4n) is 2.58. The molecule has 3 aromatic rings. The molecule has 4 nitrogen and oxygen atoms in total. The molecule has 2 aromatic carbocycles. The van der Waals surface area contributed by atoms with E-state index in [2.05, 4.69) is 5.32 Å². The molecule has 0 spiro atoms. The fraction of sp³-hybridized carbons (Fsp3) is 0.0476. The smallest absolute Gasteiger partial charge is 0.341 e. The Morgan fingerprint density at radius 1 is 1.14 bits per heavy atom. The van der Waals surface area contributed by atoms with Gasteiger partial charge in [0.25, 0.3) is 0 Å². The molecule has 1 heterocycles. The predicted octanol–water partition coefficient (Wildman–Crippen LogP) is 5.79. The quantitative estimate of drug-likeness (QED) is 0.409. The summed E-state index contributed by atoms with van der Waals surface area (Å²) in [6.07, 6.45) is 2.36. The maximum atomic E-state index is 13.8. The predicted molar refractivity (Wildman–Crippen MR) is 110 cm³/mol. The van der Waals surface area contributed by atoms with E-state index in [-0.39, 0.29) is 21.2 Å². The molecular weight excluding hydrogens is 420 g/mol. The Kier molecular flexibility index (Phi) is 6.41. The van der Waals surface area contributed by atoms with Crippen LogP contribution in [0.15, 0.2) is 53.9 Å². The van der Waals surface area contributed by atoms with Gasteiger partial charge >= 0.3 is 5.97 Å². The van der Waals surface area contributed by atoms with Crippen LogP contribution in [-0.2, 0) is 9.53 Å². The highest BCUT2D eigenvalue weighted by Crippen LogP contribution is 2.36. The molecule has 0 radical (unpaired) electrons. The number of carbonyl (C=O) groups is 2. The highest BCUT2D eigenvalue weighted by molar-refractivity contribution is 7.15. The summed E-state index contributed by atoms with van der Waals surface area (Å²) in [5.74, 6) is -2.20. The minimum atomic E-state index is -0.651. The lowest BCUT2D eigenvalue weighted by molar-refractivity contribution is -0.111. The van der Waals surface area contributed by atoms with Crippen molar-refractivity contribution in [2.75, 3.05) is 12.4 Å². The third kappa shape index (κ3) is 4.70. The first kappa shape index (κ1) is 20.7. The second kappa shape index (κ2) is 8.98. The summed E-state index contributed by atoms with van der Waals surface area (Å²) < 4.78 is 31.8. The molecule has 0 unspecified atom stereocenters. The number of halogens is 3. The van der Waals surface area contributed by atoms with Crippen LogP contribution in [0.3, 0.4) is 0 Å². The topological polar surface area (TPSA) is 55.4 Å². The Balaban J connectivity index is 1.89. The van der Waals surface area contributed by atoms with E-state index in [1.165, 1.54) is 55.7 Å². The molecule has 29 heavy (non-hydrogen) atoms. The number of methoxy groups -OCH3 is 1. The van der Waals surface area contributed by atoms with Crippen molar-refractivity contribution in [3.05, 3.63) is 81.7 Å². The molecule has 148 valence electrons. The first-order valence-corrected chi connectivity index (χ1v) is 9.55. The summed E-state index contributed by atoms with van der Waals surface area (Å²) in [6, 6.07) is 9.78. The van der Waals surface area contributed by atoms with E-state index in [4.69, 9.17) is 16.3 Å². The Morgan fingerprint density at radius 2 is 1.86 bits per heavy atom. The number of carbonyl (C=O) groups excluding carboxylic acids is 2. The molecule has 0 fully saturated rings. The van der Waals surface area contributed by atoms with Gasteiger partial charge in [0.2, 0.25) is 5.91 Å². The van der Waals surface area contributed by atoms with Gasteiger partial charge in [-0.2, -0.15) is 0 Å². The van der Waals surface area contributed by atoms with Crippen LogP contribution in [0.5, 0.6) is 0 Å². The van der Waals surface area contributed by atoms with Gasteiger partial charge in [0.1, 0.15) is 22.2 Å². The summed E-state index contributed by atoms with van der Waals surface area (Å²) >= 11 is 7.05. The molecule has 0 aliphatic rings. The maximum Gasteiger partial charge on any atom is 0.341 e. The Hall–Kier alpha value is -3.03. The first-order chi connectivity index (χ1) is 13.9. The van der Waals surface area contributed by atoms with Crippen LogP contribution < -0.4 is 5.32 Å². The third-order valence-electron chi connectivity index (χ3n) is 3.97. The minimum absolute atomic E-state index is 0.0793. The van der Waals surface area contributed by atoms with E-state index in [0.717, 1.165) is 17.4 Å². The third-order valence-corrected chi connectivity index (χ3v) is 5.20. The standard InChI is InChI=1S/C21H14ClF2NO3S/c1-28-21(27)19-15(12-5-7-13(23)8-6-12)11-29-20(19)25-18(26)10-9-14-16(22)3-2-4-17(14)24/h2-11H,1H3,(H,25,26)/b10-9+. The van der Waals surface area contributed by atoms with Crippen LogP contribution in [0.2, 0.25) is 5.02 Å². The number of benzene rings is 2. The van der Waals surface area contributed by atoms with E-state index in [1.54, 1.807) is 5.38 Å². The van der Waals surface area contributed by atoms with Crippen LogP contribution in [0, 0.1) is 11.6 Å². The van der Waals surface area contributed by atoms with Gasteiger partial charge in [-0.15, -0.1) is 11.3 Å². The van der Waals surface area contributed by atoms with Crippen molar-refractivity contribution < 1.29 is 23.1 Å². The zero-order valence-electron chi connectivity index (χ0n) is 15.0. The summed E-state index contributed by atoms with van der Waals surface area (Å²) in [5.41, 5.74) is 1.32. The molecule has 1 aromatic heterocycles. The maximum absolute atomic E-state index is 13.8. The van der Waals surface area contributed by atoms with E-state index in [1.807, 2.05) is 0 Å². The van der Waals surface area contributed by atoms with Crippen molar-refractivity contribution in [3.8, 4) is 11.1 Å². The summed E-state index contributed by atoms with van der Waals surface area (Å²) in [7, 11) is 1.22. The molecule has 0 saturated heterocycles. The average Bonchev–Trinajstić information content (AvgIpc) is 3.11. The van der Waals surface area contributed by atoms with Gasteiger partial charge in [-0.25, -0.2) is 13.6 Å². The minimum Gasteiger partial charge on any atom is -0.465 e. The number of rotatable bonds is 5. The van der Waals surface area contributed by atoms with Gasteiger partial charge in [-0.3, -0.25) is 4.79 Å². The molecule has 0 aliphatic heterocycles. The molecule has 0 saturated carbocycles. The number of anilines is 1. The second-order valence-electron chi connectivity index (χ2n) is 5.81. The van der Waals surface area contributed by atoms with Crippen molar-refractivity contribution >= 4 is 45.9 Å². The Morgan fingerprint density at radius 3 is 2.52 bits per heavy atom. The first-order valence-electron chi connectivity index (χ1n) is 8.29. The normalized spacial score (nSPS) is 10.9. The van der Waals surface area contributed by atoms with Gasteiger partial charge in [0.05, 0.1) is 12.1 Å². The lowest BCUT2D eigenvalue weighted by atomic mass is 10.0. The van der Waals surface area contributed by atoms with Crippen molar-refractivity contribution in [1.82, 2.24) is 0 Å². The van der Waals surface area contributed by atoms with Gasteiger partial charge in [-0.05, 0) is 35.9 Å². The zero-order valence-corrected chi connectivity index (χ0v) is 16.6. The number of thiophene rings is 1. The van der Waals surface area contributed by atoms with Crippen molar-refractivity contribution in [2.24, 2.45) is 0 Å². The highest BCUT2D eigenvalue weighted by Gasteiger charge is 2.22.